The zero-order valence-corrected chi connectivity index (χ0v) is 19.0. The monoisotopic (exact) mass is 446 g/mol. The second-order valence-corrected chi connectivity index (χ2v) is 9.90. The van der Waals surface area contributed by atoms with Gasteiger partial charge in [0.25, 0.3) is 5.91 Å². The molecule has 1 heterocycles. The first-order chi connectivity index (χ1) is 14.8. The molecule has 1 N–H and O–H groups in total. The molecule has 3 rings (SSSR count). The summed E-state index contributed by atoms with van der Waals surface area (Å²) in [5.41, 5.74) is 1.60. The van der Waals surface area contributed by atoms with Gasteiger partial charge in [-0.15, -0.1) is 0 Å². The summed E-state index contributed by atoms with van der Waals surface area (Å²) in [6.45, 7) is 6.00. The number of para-hydroxylation sites is 2. The van der Waals surface area contributed by atoms with Gasteiger partial charge in [0, 0.05) is 6.54 Å². The van der Waals surface area contributed by atoms with Crippen molar-refractivity contribution in [1.29, 1.82) is 0 Å². The number of carbonyl (C=O) groups excluding carboxylic acids is 1. The fraction of sp³-hybridized carbons (Fsp3) is 0.435. The molecule has 0 spiro atoms. The van der Waals surface area contributed by atoms with Gasteiger partial charge in [-0.1, -0.05) is 24.3 Å². The van der Waals surface area contributed by atoms with E-state index in [1.54, 1.807) is 31.2 Å². The van der Waals surface area contributed by atoms with Crippen LogP contribution in [0.2, 0.25) is 0 Å². The Balaban J connectivity index is 1.56. The fourth-order valence-electron chi connectivity index (χ4n) is 3.42. The van der Waals surface area contributed by atoms with Crippen LogP contribution in [-0.4, -0.2) is 45.4 Å². The standard InChI is InChI=1S/C23H30N2O5S/c1-4-31(27,28)25-16-22(30-21-13-6-5-12-20(21)25)23(26)24-14-8-10-18-9-7-11-19(15-18)29-17(2)3/h5-7,9,11-13,15,17,22H,4,8,10,14,16H2,1-3H3,(H,24,26). The summed E-state index contributed by atoms with van der Waals surface area (Å²) in [6.07, 6.45) is 0.766. The first-order valence-electron chi connectivity index (χ1n) is 10.6. The van der Waals surface area contributed by atoms with E-state index in [1.807, 2.05) is 38.1 Å². The summed E-state index contributed by atoms with van der Waals surface area (Å²) < 4.78 is 37.8. The van der Waals surface area contributed by atoms with Gasteiger partial charge in [-0.2, -0.15) is 0 Å². The highest BCUT2D eigenvalue weighted by atomic mass is 32.2. The number of rotatable bonds is 9. The van der Waals surface area contributed by atoms with Crippen LogP contribution < -0.4 is 19.1 Å². The highest BCUT2D eigenvalue weighted by Gasteiger charge is 2.35. The number of hydrogen-bond acceptors (Lipinski definition) is 5. The van der Waals surface area contributed by atoms with Crippen LogP contribution in [0.15, 0.2) is 48.5 Å². The number of anilines is 1. The Kier molecular flexibility index (Phi) is 7.43. The van der Waals surface area contributed by atoms with Crippen LogP contribution in [-0.2, 0) is 21.2 Å². The maximum absolute atomic E-state index is 12.7. The minimum Gasteiger partial charge on any atom is -0.491 e. The first kappa shape index (κ1) is 22.9. The Labute approximate surface area is 184 Å². The number of nitrogens with one attached hydrogen (secondary N) is 1. The number of aryl methyl sites for hydroxylation is 1. The summed E-state index contributed by atoms with van der Waals surface area (Å²) in [7, 11) is -3.51. The van der Waals surface area contributed by atoms with E-state index >= 15 is 0 Å². The first-order valence-corrected chi connectivity index (χ1v) is 12.2. The van der Waals surface area contributed by atoms with E-state index in [4.69, 9.17) is 9.47 Å². The molecule has 0 aromatic heterocycles. The SMILES string of the molecule is CCS(=O)(=O)N1CC(C(=O)NCCCc2cccc(OC(C)C)c2)Oc2ccccc21. The Morgan fingerprint density at radius 2 is 2.00 bits per heavy atom. The topological polar surface area (TPSA) is 84.9 Å². The van der Waals surface area contributed by atoms with E-state index in [9.17, 15) is 13.2 Å². The molecule has 0 radical (unpaired) electrons. The highest BCUT2D eigenvalue weighted by Crippen LogP contribution is 2.35. The molecule has 0 saturated carbocycles. The number of ether oxygens (including phenoxy) is 2. The van der Waals surface area contributed by atoms with Gasteiger partial charge in [-0.05, 0) is 63.4 Å². The fourth-order valence-corrected chi connectivity index (χ4v) is 4.55. The Morgan fingerprint density at radius 3 is 2.74 bits per heavy atom. The molecule has 0 bridgehead atoms. The Hall–Kier alpha value is -2.74. The molecule has 0 aliphatic carbocycles. The van der Waals surface area contributed by atoms with E-state index < -0.39 is 16.1 Å². The second-order valence-electron chi connectivity index (χ2n) is 7.71. The molecule has 31 heavy (non-hydrogen) atoms. The average Bonchev–Trinajstić information content (AvgIpc) is 2.75. The molecule has 7 nitrogen and oxygen atoms in total. The lowest BCUT2D eigenvalue weighted by atomic mass is 10.1. The van der Waals surface area contributed by atoms with E-state index in [0.717, 1.165) is 24.2 Å². The molecule has 1 unspecified atom stereocenters. The number of sulfonamides is 1. The van der Waals surface area contributed by atoms with Crippen molar-refractivity contribution >= 4 is 21.6 Å². The average molecular weight is 447 g/mol. The van der Waals surface area contributed by atoms with Gasteiger partial charge in [-0.3, -0.25) is 9.10 Å². The Morgan fingerprint density at radius 1 is 1.23 bits per heavy atom. The van der Waals surface area contributed by atoms with E-state index in [1.165, 1.54) is 4.31 Å². The van der Waals surface area contributed by atoms with Crippen molar-refractivity contribution in [2.75, 3.05) is 23.1 Å². The van der Waals surface area contributed by atoms with Gasteiger partial charge in [0.05, 0.1) is 24.1 Å². The predicted octanol–water partition coefficient (Wildman–Crippen LogP) is 3.14. The maximum atomic E-state index is 12.7. The van der Waals surface area contributed by atoms with Crippen molar-refractivity contribution in [3.8, 4) is 11.5 Å². The minimum absolute atomic E-state index is 0.0341. The van der Waals surface area contributed by atoms with Crippen LogP contribution in [0.5, 0.6) is 11.5 Å². The largest absolute Gasteiger partial charge is 0.491 e. The number of carbonyl (C=O) groups is 1. The molecular formula is C23H30N2O5S. The number of hydrogen-bond donors (Lipinski definition) is 1. The van der Waals surface area contributed by atoms with Crippen molar-refractivity contribution in [2.24, 2.45) is 0 Å². The summed E-state index contributed by atoms with van der Waals surface area (Å²) in [4.78, 5) is 12.7. The number of nitrogens with zero attached hydrogens (tertiary/aromatic N) is 1. The molecule has 168 valence electrons. The summed E-state index contributed by atoms with van der Waals surface area (Å²) in [5.74, 6) is 0.869. The van der Waals surface area contributed by atoms with Crippen LogP contribution in [0, 0.1) is 0 Å². The zero-order chi connectivity index (χ0) is 22.4. The minimum atomic E-state index is -3.51. The van der Waals surface area contributed by atoms with Crippen molar-refractivity contribution in [3.05, 3.63) is 54.1 Å². The molecule has 0 fully saturated rings. The summed E-state index contributed by atoms with van der Waals surface area (Å²) >= 11 is 0. The van der Waals surface area contributed by atoms with Crippen molar-refractivity contribution < 1.29 is 22.7 Å². The van der Waals surface area contributed by atoms with Crippen molar-refractivity contribution in [3.63, 3.8) is 0 Å². The van der Waals surface area contributed by atoms with E-state index in [2.05, 4.69) is 5.32 Å². The lowest BCUT2D eigenvalue weighted by Crippen LogP contribution is -2.51. The lowest BCUT2D eigenvalue weighted by molar-refractivity contribution is -0.127. The molecule has 1 aliphatic rings. The molecule has 0 saturated heterocycles. The Bertz CT molecular complexity index is 1010. The van der Waals surface area contributed by atoms with E-state index in [0.29, 0.717) is 18.0 Å². The third-order valence-corrected chi connectivity index (χ3v) is 6.69. The number of fused-ring (bicyclic) bond motifs is 1. The van der Waals surface area contributed by atoms with Gasteiger partial charge in [0.15, 0.2) is 6.10 Å². The third kappa shape index (κ3) is 5.91. The number of amides is 1. The van der Waals surface area contributed by atoms with Gasteiger partial charge in [0.1, 0.15) is 11.5 Å². The van der Waals surface area contributed by atoms with Crippen LogP contribution in [0.25, 0.3) is 0 Å². The molecular weight excluding hydrogens is 416 g/mol. The van der Waals surface area contributed by atoms with Gasteiger partial charge in [0.2, 0.25) is 10.0 Å². The van der Waals surface area contributed by atoms with E-state index in [-0.39, 0.29) is 24.3 Å². The van der Waals surface area contributed by atoms with Crippen LogP contribution >= 0.6 is 0 Å². The maximum Gasteiger partial charge on any atom is 0.263 e. The quantitative estimate of drug-likeness (QED) is 0.598. The summed E-state index contributed by atoms with van der Waals surface area (Å²) in [5, 5.41) is 2.87. The number of benzene rings is 2. The molecule has 1 atom stereocenters. The molecule has 1 amide bonds. The summed E-state index contributed by atoms with van der Waals surface area (Å²) in [6, 6.07) is 14.8. The lowest BCUT2D eigenvalue weighted by Gasteiger charge is -2.34. The molecule has 2 aromatic rings. The van der Waals surface area contributed by atoms with Crippen molar-refractivity contribution in [1.82, 2.24) is 5.32 Å². The normalized spacial score (nSPS) is 15.9. The van der Waals surface area contributed by atoms with Crippen LogP contribution in [0.3, 0.4) is 0 Å². The smallest absolute Gasteiger partial charge is 0.263 e. The molecule has 2 aromatic carbocycles. The third-order valence-electron chi connectivity index (χ3n) is 4.94. The second kappa shape index (κ2) is 10.0. The van der Waals surface area contributed by atoms with Crippen LogP contribution in [0.4, 0.5) is 5.69 Å². The molecule has 1 aliphatic heterocycles. The van der Waals surface area contributed by atoms with Crippen molar-refractivity contribution in [2.45, 2.75) is 45.8 Å². The highest BCUT2D eigenvalue weighted by molar-refractivity contribution is 7.92. The predicted molar refractivity (Wildman–Crippen MR) is 121 cm³/mol. The van der Waals surface area contributed by atoms with Crippen LogP contribution in [0.1, 0.15) is 32.8 Å². The molecule has 8 heteroatoms. The zero-order valence-electron chi connectivity index (χ0n) is 18.2. The van der Waals surface area contributed by atoms with Gasteiger partial charge < -0.3 is 14.8 Å². The van der Waals surface area contributed by atoms with Gasteiger partial charge in [-0.25, -0.2) is 8.42 Å². The van der Waals surface area contributed by atoms with Gasteiger partial charge >= 0.3 is 0 Å².